The summed E-state index contributed by atoms with van der Waals surface area (Å²) < 4.78 is 4.44. The average molecular weight is 150 g/mol. The fraction of sp³-hybridized carbons (Fsp3) is 0.167. The summed E-state index contributed by atoms with van der Waals surface area (Å²) in [5, 5.41) is 9.91. The van der Waals surface area contributed by atoms with Gasteiger partial charge >= 0.3 is 29.6 Å². The van der Waals surface area contributed by atoms with Gasteiger partial charge in [-0.2, -0.15) is 0 Å². The largest absolute Gasteiger partial charge is 1.00 e. The number of carboxylic acids is 1. The number of carbonyl (C=O) groups excluding carboxylic acids is 1. The molecule has 0 atom stereocenters. The Labute approximate surface area is 81.7 Å². The molecule has 0 spiro atoms. The molecule has 3 nitrogen and oxygen atoms in total. The van der Waals surface area contributed by atoms with Gasteiger partial charge in [0.15, 0.2) is 0 Å². The Hall–Kier alpha value is -0.250. The molecule has 0 bridgehead atoms. The van der Waals surface area contributed by atoms with Gasteiger partial charge in [0.1, 0.15) is 0 Å². The standard InChI is InChI=1S/C6H8O3.Na/c1-3-9-4-5(2)6(7)8;/h3-4H,1H2,2H3,(H,7,8);/q;+1/p-1. The van der Waals surface area contributed by atoms with E-state index in [1.54, 1.807) is 0 Å². The topological polar surface area (TPSA) is 49.4 Å². The number of ether oxygens (including phenoxy) is 1. The summed E-state index contributed by atoms with van der Waals surface area (Å²) in [6.45, 7) is 4.59. The van der Waals surface area contributed by atoms with Gasteiger partial charge in [0.25, 0.3) is 0 Å². The number of aliphatic carboxylic acids is 1. The third kappa shape index (κ3) is 5.88. The minimum atomic E-state index is -1.24. The minimum absolute atomic E-state index is 0. The van der Waals surface area contributed by atoms with E-state index in [-0.39, 0.29) is 35.1 Å². The van der Waals surface area contributed by atoms with Gasteiger partial charge in [-0.3, -0.25) is 0 Å². The van der Waals surface area contributed by atoms with Crippen molar-refractivity contribution in [2.75, 3.05) is 0 Å². The van der Waals surface area contributed by atoms with Crippen LogP contribution in [-0.4, -0.2) is 5.97 Å². The number of carbonyl (C=O) groups is 1. The van der Waals surface area contributed by atoms with Crippen molar-refractivity contribution in [3.8, 4) is 0 Å². The van der Waals surface area contributed by atoms with E-state index >= 15 is 0 Å². The second-order valence-corrected chi connectivity index (χ2v) is 1.39. The van der Waals surface area contributed by atoms with Gasteiger partial charge in [-0.25, -0.2) is 0 Å². The Morgan fingerprint density at radius 2 is 2.20 bits per heavy atom. The van der Waals surface area contributed by atoms with Crippen LogP contribution in [-0.2, 0) is 9.53 Å². The second kappa shape index (κ2) is 6.86. The van der Waals surface area contributed by atoms with Crippen LogP contribution in [0.5, 0.6) is 0 Å². The molecule has 0 aromatic heterocycles. The quantitative estimate of drug-likeness (QED) is 0.242. The van der Waals surface area contributed by atoms with Crippen LogP contribution in [0.15, 0.2) is 24.7 Å². The first-order chi connectivity index (χ1) is 4.18. The molecule has 4 heteroatoms. The molecule has 0 aromatic rings. The molecule has 0 unspecified atom stereocenters. The third-order valence-corrected chi connectivity index (χ3v) is 0.663. The van der Waals surface area contributed by atoms with Gasteiger partial charge in [0.05, 0.1) is 18.5 Å². The van der Waals surface area contributed by atoms with Crippen LogP contribution in [0.2, 0.25) is 0 Å². The number of carboxylic acid groups (broad SMARTS) is 1. The van der Waals surface area contributed by atoms with Crippen LogP contribution < -0.4 is 34.7 Å². The third-order valence-electron chi connectivity index (χ3n) is 0.663. The molecule has 0 heterocycles. The predicted octanol–water partition coefficient (Wildman–Crippen LogP) is -3.20. The van der Waals surface area contributed by atoms with Crippen LogP contribution in [0.25, 0.3) is 0 Å². The van der Waals surface area contributed by atoms with E-state index in [0.717, 1.165) is 12.5 Å². The molecule has 50 valence electrons. The summed E-state index contributed by atoms with van der Waals surface area (Å²) in [5.74, 6) is -1.24. The van der Waals surface area contributed by atoms with E-state index in [2.05, 4.69) is 11.3 Å². The van der Waals surface area contributed by atoms with Gasteiger partial charge < -0.3 is 14.6 Å². The monoisotopic (exact) mass is 150 g/mol. The van der Waals surface area contributed by atoms with Crippen LogP contribution in [0, 0.1) is 0 Å². The summed E-state index contributed by atoms with van der Waals surface area (Å²) in [6.07, 6.45) is 2.19. The molecule has 0 radical (unpaired) electrons. The van der Waals surface area contributed by atoms with Crippen molar-refractivity contribution in [1.29, 1.82) is 0 Å². The summed E-state index contributed by atoms with van der Waals surface area (Å²) >= 11 is 0. The average Bonchev–Trinajstić information content (AvgIpc) is 1.82. The first-order valence-corrected chi connectivity index (χ1v) is 2.33. The van der Waals surface area contributed by atoms with Crippen molar-refractivity contribution in [2.45, 2.75) is 6.92 Å². The zero-order valence-electron chi connectivity index (χ0n) is 6.09. The molecular formula is C6H7NaO3. The molecule has 0 saturated heterocycles. The molecule has 0 rings (SSSR count). The maximum absolute atomic E-state index is 9.91. The van der Waals surface area contributed by atoms with Gasteiger partial charge in [0.2, 0.25) is 0 Å². The molecular weight excluding hydrogens is 143 g/mol. The molecule has 0 aliphatic heterocycles. The molecule has 0 aliphatic rings. The fourth-order valence-electron chi connectivity index (χ4n) is 0.198. The van der Waals surface area contributed by atoms with Crippen molar-refractivity contribution >= 4 is 5.97 Å². The SMILES string of the molecule is C=COC=C(C)C(=O)[O-].[Na+]. The molecule has 0 fully saturated rings. The van der Waals surface area contributed by atoms with E-state index in [1.165, 1.54) is 6.92 Å². The van der Waals surface area contributed by atoms with Crippen molar-refractivity contribution < 1.29 is 44.2 Å². The first kappa shape index (κ1) is 12.4. The van der Waals surface area contributed by atoms with Crippen molar-refractivity contribution in [2.24, 2.45) is 0 Å². The Bertz CT molecular complexity index is 151. The normalized spacial score (nSPS) is 9.50. The summed E-state index contributed by atoms with van der Waals surface area (Å²) in [6, 6.07) is 0. The predicted molar refractivity (Wildman–Crippen MR) is 30.0 cm³/mol. The maximum atomic E-state index is 9.91. The fourth-order valence-corrected chi connectivity index (χ4v) is 0.198. The number of hydrogen-bond acceptors (Lipinski definition) is 3. The molecule has 0 aromatic carbocycles. The molecule has 0 amide bonds. The zero-order chi connectivity index (χ0) is 7.28. The molecule has 0 N–H and O–H groups in total. The van der Waals surface area contributed by atoms with Crippen LogP contribution >= 0.6 is 0 Å². The van der Waals surface area contributed by atoms with E-state index in [0.29, 0.717) is 0 Å². The number of rotatable bonds is 3. The van der Waals surface area contributed by atoms with Gasteiger partial charge in [0, 0.05) is 5.57 Å². The minimum Gasteiger partial charge on any atom is -0.545 e. The number of hydrogen-bond donors (Lipinski definition) is 0. The molecule has 10 heavy (non-hydrogen) atoms. The Balaban J connectivity index is 0. The Morgan fingerprint density at radius 1 is 1.70 bits per heavy atom. The van der Waals surface area contributed by atoms with Crippen LogP contribution in [0.1, 0.15) is 6.92 Å². The van der Waals surface area contributed by atoms with Gasteiger partial charge in [-0.15, -0.1) is 0 Å². The van der Waals surface area contributed by atoms with Crippen molar-refractivity contribution in [1.82, 2.24) is 0 Å². The Morgan fingerprint density at radius 3 is 2.50 bits per heavy atom. The Kier molecular flexibility index (Phi) is 8.53. The van der Waals surface area contributed by atoms with E-state index in [1.807, 2.05) is 0 Å². The smallest absolute Gasteiger partial charge is 0.545 e. The van der Waals surface area contributed by atoms with Crippen molar-refractivity contribution in [3.63, 3.8) is 0 Å². The van der Waals surface area contributed by atoms with Gasteiger partial charge in [-0.1, -0.05) is 6.58 Å². The second-order valence-electron chi connectivity index (χ2n) is 1.39. The summed E-state index contributed by atoms with van der Waals surface area (Å²) in [5.41, 5.74) is 0.0369. The summed E-state index contributed by atoms with van der Waals surface area (Å²) in [7, 11) is 0. The maximum Gasteiger partial charge on any atom is 1.00 e. The van der Waals surface area contributed by atoms with E-state index in [4.69, 9.17) is 0 Å². The van der Waals surface area contributed by atoms with Crippen LogP contribution in [0.3, 0.4) is 0 Å². The summed E-state index contributed by atoms with van der Waals surface area (Å²) in [4.78, 5) is 9.91. The molecule has 0 saturated carbocycles. The van der Waals surface area contributed by atoms with Crippen LogP contribution in [0.4, 0.5) is 0 Å². The van der Waals surface area contributed by atoms with Crippen molar-refractivity contribution in [3.05, 3.63) is 24.7 Å². The van der Waals surface area contributed by atoms with Gasteiger partial charge in [-0.05, 0) is 6.92 Å². The van der Waals surface area contributed by atoms with E-state index < -0.39 is 5.97 Å². The first-order valence-electron chi connectivity index (χ1n) is 2.33. The van der Waals surface area contributed by atoms with E-state index in [9.17, 15) is 9.90 Å². The zero-order valence-corrected chi connectivity index (χ0v) is 8.09. The molecule has 0 aliphatic carbocycles.